The van der Waals surface area contributed by atoms with Crippen LogP contribution >= 0.6 is 0 Å². The molecule has 1 saturated heterocycles. The van der Waals surface area contributed by atoms with Gasteiger partial charge in [-0.25, -0.2) is 0 Å². The molecule has 92 valence electrons. The van der Waals surface area contributed by atoms with Crippen LogP contribution in [0.15, 0.2) is 0 Å². The SMILES string of the molecule is C1CCC(NC2CCOC3(CCCC3)C2)C1. The van der Waals surface area contributed by atoms with Crippen molar-refractivity contribution in [1.82, 2.24) is 5.32 Å². The van der Waals surface area contributed by atoms with Crippen molar-refractivity contribution >= 4 is 0 Å². The fourth-order valence-corrected chi connectivity index (χ4v) is 3.96. The zero-order valence-electron chi connectivity index (χ0n) is 10.3. The Morgan fingerprint density at radius 3 is 2.38 bits per heavy atom. The summed E-state index contributed by atoms with van der Waals surface area (Å²) >= 11 is 0. The van der Waals surface area contributed by atoms with Crippen molar-refractivity contribution in [2.75, 3.05) is 6.61 Å². The molecule has 1 aliphatic heterocycles. The number of ether oxygens (including phenoxy) is 1. The molecule has 0 bridgehead atoms. The molecule has 1 atom stereocenters. The lowest BCUT2D eigenvalue weighted by Crippen LogP contribution is -2.48. The van der Waals surface area contributed by atoms with Gasteiger partial charge in [-0.05, 0) is 38.5 Å². The molecule has 1 unspecified atom stereocenters. The van der Waals surface area contributed by atoms with E-state index in [1.807, 2.05) is 0 Å². The summed E-state index contributed by atoms with van der Waals surface area (Å²) in [5.41, 5.74) is 0.286. The van der Waals surface area contributed by atoms with E-state index in [1.165, 1.54) is 64.2 Å². The molecule has 0 aromatic heterocycles. The first-order valence-corrected chi connectivity index (χ1v) is 7.26. The van der Waals surface area contributed by atoms with Crippen molar-refractivity contribution in [2.24, 2.45) is 0 Å². The van der Waals surface area contributed by atoms with Crippen molar-refractivity contribution in [2.45, 2.75) is 81.9 Å². The highest BCUT2D eigenvalue weighted by Gasteiger charge is 2.40. The molecule has 2 heteroatoms. The second-order valence-corrected chi connectivity index (χ2v) is 6.08. The Morgan fingerprint density at radius 2 is 1.62 bits per heavy atom. The largest absolute Gasteiger partial charge is 0.375 e. The Kier molecular flexibility index (Phi) is 3.21. The van der Waals surface area contributed by atoms with Crippen LogP contribution in [0.1, 0.15) is 64.2 Å². The third-order valence-corrected chi connectivity index (χ3v) is 4.83. The molecule has 3 aliphatic rings. The summed E-state index contributed by atoms with van der Waals surface area (Å²) in [6.45, 7) is 0.990. The Balaban J connectivity index is 1.55. The molecule has 0 aromatic rings. The molecular weight excluding hydrogens is 198 g/mol. The number of hydrogen-bond donors (Lipinski definition) is 1. The third-order valence-electron chi connectivity index (χ3n) is 4.83. The summed E-state index contributed by atoms with van der Waals surface area (Å²) in [7, 11) is 0. The van der Waals surface area contributed by atoms with Crippen molar-refractivity contribution in [3.63, 3.8) is 0 Å². The van der Waals surface area contributed by atoms with E-state index in [4.69, 9.17) is 4.74 Å². The van der Waals surface area contributed by atoms with Crippen LogP contribution in [0.5, 0.6) is 0 Å². The van der Waals surface area contributed by atoms with Crippen molar-refractivity contribution in [1.29, 1.82) is 0 Å². The standard InChI is InChI=1S/C14H25NO/c1-2-6-12(5-1)15-13-7-10-16-14(11-13)8-3-4-9-14/h12-13,15H,1-11H2. The molecule has 1 N–H and O–H groups in total. The van der Waals surface area contributed by atoms with Gasteiger partial charge in [-0.2, -0.15) is 0 Å². The molecule has 16 heavy (non-hydrogen) atoms. The minimum absolute atomic E-state index is 0.286. The van der Waals surface area contributed by atoms with Gasteiger partial charge >= 0.3 is 0 Å². The monoisotopic (exact) mass is 223 g/mol. The molecular formula is C14H25NO. The Morgan fingerprint density at radius 1 is 0.875 bits per heavy atom. The highest BCUT2D eigenvalue weighted by atomic mass is 16.5. The van der Waals surface area contributed by atoms with E-state index in [0.717, 1.165) is 18.7 Å². The summed E-state index contributed by atoms with van der Waals surface area (Å²) < 4.78 is 6.08. The highest BCUT2D eigenvalue weighted by molar-refractivity contribution is 4.94. The fourth-order valence-electron chi connectivity index (χ4n) is 3.96. The minimum atomic E-state index is 0.286. The summed E-state index contributed by atoms with van der Waals surface area (Å²) in [5, 5.41) is 3.89. The molecule has 3 rings (SSSR count). The van der Waals surface area contributed by atoms with Gasteiger partial charge in [0.2, 0.25) is 0 Å². The maximum Gasteiger partial charge on any atom is 0.0697 e. The molecule has 1 heterocycles. The zero-order chi connectivity index (χ0) is 10.8. The van der Waals surface area contributed by atoms with Crippen LogP contribution in [0.4, 0.5) is 0 Å². The van der Waals surface area contributed by atoms with Crippen LogP contribution < -0.4 is 5.32 Å². The molecule has 0 amide bonds. The van der Waals surface area contributed by atoms with Crippen molar-refractivity contribution in [3.8, 4) is 0 Å². The van der Waals surface area contributed by atoms with E-state index in [-0.39, 0.29) is 5.60 Å². The van der Waals surface area contributed by atoms with Crippen LogP contribution in [0, 0.1) is 0 Å². The van der Waals surface area contributed by atoms with Gasteiger partial charge in [-0.3, -0.25) is 0 Å². The third kappa shape index (κ3) is 2.28. The first-order valence-electron chi connectivity index (χ1n) is 7.26. The average molecular weight is 223 g/mol. The first-order chi connectivity index (χ1) is 7.86. The van der Waals surface area contributed by atoms with E-state index in [0.29, 0.717) is 0 Å². The van der Waals surface area contributed by atoms with Gasteiger partial charge in [0.1, 0.15) is 0 Å². The van der Waals surface area contributed by atoms with E-state index < -0.39 is 0 Å². The molecule has 3 fully saturated rings. The van der Waals surface area contributed by atoms with Gasteiger partial charge < -0.3 is 10.1 Å². The molecule has 2 aliphatic carbocycles. The maximum atomic E-state index is 6.08. The lowest BCUT2D eigenvalue weighted by atomic mass is 9.88. The van der Waals surface area contributed by atoms with Crippen LogP contribution in [-0.4, -0.2) is 24.3 Å². The van der Waals surface area contributed by atoms with Crippen LogP contribution in [0.3, 0.4) is 0 Å². The lowest BCUT2D eigenvalue weighted by Gasteiger charge is -2.39. The van der Waals surface area contributed by atoms with E-state index >= 15 is 0 Å². The van der Waals surface area contributed by atoms with Crippen LogP contribution in [-0.2, 0) is 4.74 Å². The smallest absolute Gasteiger partial charge is 0.0697 e. The van der Waals surface area contributed by atoms with Gasteiger partial charge in [-0.15, -0.1) is 0 Å². The normalized spacial score (nSPS) is 34.9. The summed E-state index contributed by atoms with van der Waals surface area (Å²) in [5.74, 6) is 0. The molecule has 1 spiro atoms. The summed E-state index contributed by atoms with van der Waals surface area (Å²) in [6.07, 6.45) is 13.6. The zero-order valence-corrected chi connectivity index (χ0v) is 10.3. The van der Waals surface area contributed by atoms with Gasteiger partial charge in [0.25, 0.3) is 0 Å². The minimum Gasteiger partial charge on any atom is -0.375 e. The van der Waals surface area contributed by atoms with E-state index in [2.05, 4.69) is 5.32 Å². The predicted octanol–water partition coefficient (Wildman–Crippen LogP) is 3.01. The summed E-state index contributed by atoms with van der Waals surface area (Å²) in [4.78, 5) is 0. The Bertz CT molecular complexity index is 229. The maximum absolute atomic E-state index is 6.08. The molecule has 0 radical (unpaired) electrons. The molecule has 2 nitrogen and oxygen atoms in total. The highest BCUT2D eigenvalue weighted by Crippen LogP contribution is 2.40. The number of hydrogen-bond acceptors (Lipinski definition) is 2. The molecule has 0 aromatic carbocycles. The number of rotatable bonds is 2. The number of nitrogens with one attached hydrogen (secondary N) is 1. The Labute approximate surface area is 99.1 Å². The summed E-state index contributed by atoms with van der Waals surface area (Å²) in [6, 6.07) is 1.57. The average Bonchev–Trinajstić information content (AvgIpc) is 2.91. The predicted molar refractivity (Wildman–Crippen MR) is 65.6 cm³/mol. The quantitative estimate of drug-likeness (QED) is 0.777. The first kappa shape index (κ1) is 11.0. The van der Waals surface area contributed by atoms with E-state index in [1.54, 1.807) is 0 Å². The fraction of sp³-hybridized carbons (Fsp3) is 1.00. The van der Waals surface area contributed by atoms with Gasteiger partial charge in [0, 0.05) is 18.7 Å². The van der Waals surface area contributed by atoms with Crippen molar-refractivity contribution in [3.05, 3.63) is 0 Å². The lowest BCUT2D eigenvalue weighted by molar-refractivity contribution is -0.0846. The van der Waals surface area contributed by atoms with Gasteiger partial charge in [0.05, 0.1) is 5.60 Å². The van der Waals surface area contributed by atoms with Crippen LogP contribution in [0.25, 0.3) is 0 Å². The second-order valence-electron chi connectivity index (χ2n) is 6.08. The van der Waals surface area contributed by atoms with E-state index in [9.17, 15) is 0 Å². The topological polar surface area (TPSA) is 21.3 Å². The molecule has 2 saturated carbocycles. The van der Waals surface area contributed by atoms with Gasteiger partial charge in [0.15, 0.2) is 0 Å². The van der Waals surface area contributed by atoms with Crippen LogP contribution in [0.2, 0.25) is 0 Å². The second kappa shape index (κ2) is 4.66. The Hall–Kier alpha value is -0.0800. The van der Waals surface area contributed by atoms with Gasteiger partial charge in [-0.1, -0.05) is 25.7 Å². The van der Waals surface area contributed by atoms with Crippen molar-refractivity contribution < 1.29 is 4.74 Å².